The summed E-state index contributed by atoms with van der Waals surface area (Å²) in [4.78, 5) is 26.4. The number of aromatic nitrogens is 2. The Bertz CT molecular complexity index is 795. The van der Waals surface area contributed by atoms with Crippen LogP contribution in [-0.4, -0.2) is 33.7 Å². The number of hydrogen-bond donors (Lipinski definition) is 0. The van der Waals surface area contributed by atoms with Gasteiger partial charge >= 0.3 is 0 Å². The fraction of sp³-hybridized carbons (Fsp3) is 0.353. The molecule has 1 saturated heterocycles. The maximum Gasteiger partial charge on any atom is 0.278 e. The third-order valence-electron chi connectivity index (χ3n) is 4.03. The van der Waals surface area contributed by atoms with Crippen molar-refractivity contribution in [2.75, 3.05) is 13.1 Å². The molecular weight excluding hydrogens is 297 g/mol. The number of hydrogen-bond acceptors (Lipinski definition) is 3. The summed E-state index contributed by atoms with van der Waals surface area (Å²) in [6, 6.07) is 7.48. The van der Waals surface area contributed by atoms with Crippen LogP contribution in [0.25, 0.3) is 5.69 Å². The molecule has 2 aromatic rings. The summed E-state index contributed by atoms with van der Waals surface area (Å²) >= 11 is 0. The van der Waals surface area contributed by atoms with Crippen molar-refractivity contribution in [1.82, 2.24) is 14.7 Å². The lowest BCUT2D eigenvalue weighted by Gasteiger charge is -2.26. The van der Waals surface area contributed by atoms with E-state index in [-0.39, 0.29) is 17.3 Å². The molecule has 1 aromatic carbocycles. The minimum atomic E-state index is -0.455. The molecule has 0 unspecified atom stereocenters. The smallest absolute Gasteiger partial charge is 0.278 e. The fourth-order valence-electron chi connectivity index (χ4n) is 2.81. The van der Waals surface area contributed by atoms with E-state index in [0.29, 0.717) is 18.8 Å². The highest BCUT2D eigenvalue weighted by Crippen LogP contribution is 2.15. The SMILES string of the molecule is Cc1cc(=O)c(C(=O)N2CCCCC2)nn1-c1ccccc1F. The maximum absolute atomic E-state index is 14.0. The minimum absolute atomic E-state index is 0.152. The summed E-state index contributed by atoms with van der Waals surface area (Å²) < 4.78 is 15.3. The number of benzene rings is 1. The van der Waals surface area contributed by atoms with Gasteiger partial charge in [-0.2, -0.15) is 5.10 Å². The van der Waals surface area contributed by atoms with Crippen LogP contribution in [0, 0.1) is 12.7 Å². The van der Waals surface area contributed by atoms with Crippen LogP contribution in [0.3, 0.4) is 0 Å². The van der Waals surface area contributed by atoms with Crippen LogP contribution in [0.15, 0.2) is 35.1 Å². The Morgan fingerprint density at radius 3 is 2.57 bits per heavy atom. The van der Waals surface area contributed by atoms with Crippen molar-refractivity contribution in [3.8, 4) is 5.69 Å². The number of likely N-dealkylation sites (tertiary alicyclic amines) is 1. The largest absolute Gasteiger partial charge is 0.337 e. The first-order valence-electron chi connectivity index (χ1n) is 7.73. The van der Waals surface area contributed by atoms with Crippen molar-refractivity contribution >= 4 is 5.91 Å². The molecule has 1 aromatic heterocycles. The number of carbonyl (C=O) groups excluding carboxylic acids is 1. The number of carbonyl (C=O) groups is 1. The van der Waals surface area contributed by atoms with E-state index < -0.39 is 11.2 Å². The molecule has 0 spiro atoms. The monoisotopic (exact) mass is 315 g/mol. The Balaban J connectivity index is 2.05. The highest BCUT2D eigenvalue weighted by molar-refractivity contribution is 5.92. The number of para-hydroxylation sites is 1. The minimum Gasteiger partial charge on any atom is -0.337 e. The first-order valence-corrected chi connectivity index (χ1v) is 7.73. The van der Waals surface area contributed by atoms with Gasteiger partial charge in [0.1, 0.15) is 11.5 Å². The molecule has 23 heavy (non-hydrogen) atoms. The zero-order valence-corrected chi connectivity index (χ0v) is 13.0. The molecule has 3 rings (SSSR count). The predicted molar refractivity (Wildman–Crippen MR) is 84.3 cm³/mol. The van der Waals surface area contributed by atoms with E-state index in [2.05, 4.69) is 5.10 Å². The van der Waals surface area contributed by atoms with Crippen LogP contribution in [0.4, 0.5) is 4.39 Å². The molecule has 1 amide bonds. The molecule has 2 heterocycles. The normalized spacial score (nSPS) is 14.8. The van der Waals surface area contributed by atoms with E-state index in [1.165, 1.54) is 16.8 Å². The van der Waals surface area contributed by atoms with Gasteiger partial charge in [-0.05, 0) is 38.3 Å². The highest BCUT2D eigenvalue weighted by Gasteiger charge is 2.23. The van der Waals surface area contributed by atoms with Gasteiger partial charge in [0.25, 0.3) is 5.91 Å². The summed E-state index contributed by atoms with van der Waals surface area (Å²) in [5.74, 6) is -0.831. The van der Waals surface area contributed by atoms with Gasteiger partial charge in [-0.3, -0.25) is 9.59 Å². The number of rotatable bonds is 2. The third kappa shape index (κ3) is 3.02. The average Bonchev–Trinajstić information content (AvgIpc) is 2.56. The lowest BCUT2D eigenvalue weighted by molar-refractivity contribution is 0.0715. The molecule has 1 fully saturated rings. The van der Waals surface area contributed by atoms with E-state index in [9.17, 15) is 14.0 Å². The topological polar surface area (TPSA) is 55.2 Å². The maximum atomic E-state index is 14.0. The Hall–Kier alpha value is -2.50. The molecule has 0 aliphatic carbocycles. The molecule has 120 valence electrons. The molecule has 6 heteroatoms. The molecule has 0 N–H and O–H groups in total. The van der Waals surface area contributed by atoms with Crippen molar-refractivity contribution in [3.63, 3.8) is 0 Å². The molecule has 0 saturated carbocycles. The number of piperidine rings is 1. The summed E-state index contributed by atoms with van der Waals surface area (Å²) in [6.45, 7) is 2.93. The van der Waals surface area contributed by atoms with Crippen LogP contribution in [-0.2, 0) is 0 Å². The summed E-state index contributed by atoms with van der Waals surface area (Å²) in [6.07, 6.45) is 2.95. The molecule has 0 atom stereocenters. The van der Waals surface area contributed by atoms with Gasteiger partial charge in [0.2, 0.25) is 5.43 Å². The number of amides is 1. The van der Waals surface area contributed by atoms with Crippen LogP contribution < -0.4 is 5.43 Å². The van der Waals surface area contributed by atoms with Crippen molar-refractivity contribution < 1.29 is 9.18 Å². The van der Waals surface area contributed by atoms with Crippen LogP contribution in [0.5, 0.6) is 0 Å². The van der Waals surface area contributed by atoms with E-state index in [1.54, 1.807) is 30.0 Å². The molecule has 0 bridgehead atoms. The first-order chi connectivity index (χ1) is 11.1. The van der Waals surface area contributed by atoms with Gasteiger partial charge in [0.05, 0.1) is 0 Å². The first kappa shape index (κ1) is 15.4. The van der Waals surface area contributed by atoms with E-state index >= 15 is 0 Å². The zero-order valence-electron chi connectivity index (χ0n) is 13.0. The van der Waals surface area contributed by atoms with Crippen molar-refractivity contribution in [1.29, 1.82) is 0 Å². The number of nitrogens with zero attached hydrogens (tertiary/aromatic N) is 3. The lowest BCUT2D eigenvalue weighted by Crippen LogP contribution is -2.39. The summed E-state index contributed by atoms with van der Waals surface area (Å²) in [5.41, 5.74) is 0.124. The Morgan fingerprint density at radius 1 is 1.17 bits per heavy atom. The number of halogens is 1. The van der Waals surface area contributed by atoms with E-state index in [4.69, 9.17) is 0 Å². The van der Waals surface area contributed by atoms with Gasteiger partial charge in [-0.25, -0.2) is 9.07 Å². The zero-order chi connectivity index (χ0) is 16.4. The van der Waals surface area contributed by atoms with Gasteiger partial charge in [0.15, 0.2) is 5.69 Å². The van der Waals surface area contributed by atoms with E-state index in [1.807, 2.05) is 0 Å². The van der Waals surface area contributed by atoms with Crippen LogP contribution in [0.2, 0.25) is 0 Å². The number of aryl methyl sites for hydroxylation is 1. The second-order valence-electron chi connectivity index (χ2n) is 5.71. The predicted octanol–water partition coefficient (Wildman–Crippen LogP) is 2.31. The Morgan fingerprint density at radius 2 is 1.87 bits per heavy atom. The quantitative estimate of drug-likeness (QED) is 0.854. The third-order valence-corrected chi connectivity index (χ3v) is 4.03. The highest BCUT2D eigenvalue weighted by atomic mass is 19.1. The molecule has 1 aliphatic rings. The second-order valence-corrected chi connectivity index (χ2v) is 5.71. The second kappa shape index (κ2) is 6.32. The van der Waals surface area contributed by atoms with Gasteiger partial charge in [0, 0.05) is 24.8 Å². The van der Waals surface area contributed by atoms with Crippen molar-refractivity contribution in [2.24, 2.45) is 0 Å². The van der Waals surface area contributed by atoms with Crippen LogP contribution >= 0.6 is 0 Å². The lowest BCUT2D eigenvalue weighted by atomic mass is 10.1. The standard InChI is InChI=1S/C17H18FN3O2/c1-12-11-15(22)16(17(23)20-9-5-2-6-10-20)19-21(12)14-8-4-3-7-13(14)18/h3-4,7-8,11H,2,5-6,9-10H2,1H3. The van der Waals surface area contributed by atoms with E-state index in [0.717, 1.165) is 19.3 Å². The Kier molecular flexibility index (Phi) is 4.23. The molecular formula is C17H18FN3O2. The summed E-state index contributed by atoms with van der Waals surface area (Å²) in [7, 11) is 0. The fourth-order valence-corrected chi connectivity index (χ4v) is 2.81. The average molecular weight is 315 g/mol. The van der Waals surface area contributed by atoms with Crippen molar-refractivity contribution in [2.45, 2.75) is 26.2 Å². The van der Waals surface area contributed by atoms with Crippen LogP contribution in [0.1, 0.15) is 35.4 Å². The van der Waals surface area contributed by atoms with Gasteiger partial charge in [-0.1, -0.05) is 12.1 Å². The van der Waals surface area contributed by atoms with Gasteiger partial charge < -0.3 is 4.90 Å². The molecule has 1 aliphatic heterocycles. The molecule has 0 radical (unpaired) electrons. The van der Waals surface area contributed by atoms with Crippen molar-refractivity contribution in [3.05, 3.63) is 57.8 Å². The van der Waals surface area contributed by atoms with Gasteiger partial charge in [-0.15, -0.1) is 0 Å². The Labute approximate surface area is 133 Å². The summed E-state index contributed by atoms with van der Waals surface area (Å²) in [5, 5.41) is 4.15. The molecule has 5 nitrogen and oxygen atoms in total.